The molecule has 1 unspecified atom stereocenters. The Morgan fingerprint density at radius 1 is 1.27 bits per heavy atom. The van der Waals surface area contributed by atoms with Crippen molar-refractivity contribution in [1.82, 2.24) is 10.2 Å². The second-order valence-corrected chi connectivity index (χ2v) is 8.00. The fraction of sp³-hybridized carbons (Fsp3) is 0.941. The summed E-state index contributed by atoms with van der Waals surface area (Å²) in [7, 11) is 0. The summed E-state index contributed by atoms with van der Waals surface area (Å²) in [5, 5.41) is 3.70. The van der Waals surface area contributed by atoms with Crippen LogP contribution in [0.3, 0.4) is 0 Å². The standard InChI is InChI=1S/C17H30N2O3/c1-16(2,3)22-15(20)19-10-7-17(8-11-19)14(13-5-4-6-13)18-9-12-21-17/h13-14,18H,4-12H2,1-3H3. The second-order valence-electron chi connectivity index (χ2n) is 8.00. The van der Waals surface area contributed by atoms with Crippen LogP contribution in [-0.4, -0.2) is 54.5 Å². The Kier molecular flexibility index (Phi) is 4.38. The monoisotopic (exact) mass is 310 g/mol. The molecule has 0 aromatic heterocycles. The lowest BCUT2D eigenvalue weighted by molar-refractivity contribution is -0.144. The van der Waals surface area contributed by atoms with Gasteiger partial charge < -0.3 is 19.7 Å². The van der Waals surface area contributed by atoms with Crippen LogP contribution in [0.15, 0.2) is 0 Å². The normalized spacial score (nSPS) is 29.2. The number of piperidine rings is 1. The smallest absolute Gasteiger partial charge is 0.410 e. The maximum Gasteiger partial charge on any atom is 0.410 e. The summed E-state index contributed by atoms with van der Waals surface area (Å²) in [6, 6.07) is 0.468. The molecule has 0 bridgehead atoms. The van der Waals surface area contributed by atoms with E-state index in [0.717, 1.165) is 45.0 Å². The van der Waals surface area contributed by atoms with Crippen molar-refractivity contribution in [2.24, 2.45) is 5.92 Å². The number of nitrogens with zero attached hydrogens (tertiary/aromatic N) is 1. The van der Waals surface area contributed by atoms with Crippen molar-refractivity contribution in [1.29, 1.82) is 0 Å². The molecule has 1 spiro atoms. The molecule has 3 aliphatic rings. The summed E-state index contributed by atoms with van der Waals surface area (Å²) in [5.41, 5.74) is -0.495. The van der Waals surface area contributed by atoms with E-state index in [-0.39, 0.29) is 11.7 Å². The van der Waals surface area contributed by atoms with E-state index in [2.05, 4.69) is 5.32 Å². The van der Waals surface area contributed by atoms with Gasteiger partial charge in [0.15, 0.2) is 0 Å². The van der Waals surface area contributed by atoms with Crippen LogP contribution in [0.25, 0.3) is 0 Å². The van der Waals surface area contributed by atoms with Crippen molar-refractivity contribution in [3.63, 3.8) is 0 Å². The van der Waals surface area contributed by atoms with E-state index in [9.17, 15) is 4.79 Å². The summed E-state index contributed by atoms with van der Waals surface area (Å²) in [6.07, 6.45) is 5.63. The van der Waals surface area contributed by atoms with Crippen LogP contribution >= 0.6 is 0 Å². The number of nitrogens with one attached hydrogen (secondary N) is 1. The maximum absolute atomic E-state index is 12.2. The average molecular weight is 310 g/mol. The number of likely N-dealkylation sites (tertiary alicyclic amines) is 1. The highest BCUT2D eigenvalue weighted by Crippen LogP contribution is 2.41. The lowest BCUT2D eigenvalue weighted by Crippen LogP contribution is -2.65. The highest BCUT2D eigenvalue weighted by molar-refractivity contribution is 5.68. The van der Waals surface area contributed by atoms with Crippen LogP contribution in [0.1, 0.15) is 52.9 Å². The van der Waals surface area contributed by atoms with E-state index in [1.54, 1.807) is 0 Å². The molecule has 2 heterocycles. The molecule has 3 fully saturated rings. The molecule has 22 heavy (non-hydrogen) atoms. The number of carbonyl (C=O) groups is 1. The minimum atomic E-state index is -0.427. The largest absolute Gasteiger partial charge is 0.444 e. The minimum absolute atomic E-state index is 0.0676. The lowest BCUT2D eigenvalue weighted by Gasteiger charge is -2.53. The van der Waals surface area contributed by atoms with E-state index < -0.39 is 5.60 Å². The summed E-state index contributed by atoms with van der Waals surface area (Å²) in [4.78, 5) is 14.1. The summed E-state index contributed by atoms with van der Waals surface area (Å²) < 4.78 is 11.8. The third-order valence-corrected chi connectivity index (χ3v) is 5.31. The highest BCUT2D eigenvalue weighted by atomic mass is 16.6. The third kappa shape index (κ3) is 3.25. The Balaban J connectivity index is 1.60. The average Bonchev–Trinajstić information content (AvgIpc) is 2.38. The van der Waals surface area contributed by atoms with Crippen LogP contribution < -0.4 is 5.32 Å². The van der Waals surface area contributed by atoms with Crippen molar-refractivity contribution in [2.45, 2.75) is 70.1 Å². The molecular weight excluding hydrogens is 280 g/mol. The van der Waals surface area contributed by atoms with E-state index >= 15 is 0 Å². The van der Waals surface area contributed by atoms with Gasteiger partial charge in [0, 0.05) is 25.7 Å². The number of morpholine rings is 1. The van der Waals surface area contributed by atoms with Gasteiger partial charge in [0.05, 0.1) is 12.2 Å². The molecule has 1 amide bonds. The van der Waals surface area contributed by atoms with Gasteiger partial charge in [-0.15, -0.1) is 0 Å². The zero-order chi connectivity index (χ0) is 15.8. The third-order valence-electron chi connectivity index (χ3n) is 5.31. The highest BCUT2D eigenvalue weighted by Gasteiger charge is 2.49. The minimum Gasteiger partial charge on any atom is -0.444 e. The van der Waals surface area contributed by atoms with Gasteiger partial charge in [0.2, 0.25) is 0 Å². The van der Waals surface area contributed by atoms with Crippen molar-refractivity contribution < 1.29 is 14.3 Å². The van der Waals surface area contributed by atoms with E-state index in [4.69, 9.17) is 9.47 Å². The van der Waals surface area contributed by atoms with Gasteiger partial charge in [-0.1, -0.05) is 6.42 Å². The summed E-state index contributed by atoms with van der Waals surface area (Å²) in [6.45, 7) is 8.96. The molecule has 1 saturated carbocycles. The number of hydrogen-bond donors (Lipinski definition) is 1. The molecule has 0 aromatic rings. The van der Waals surface area contributed by atoms with Crippen LogP contribution in [0.5, 0.6) is 0 Å². The molecule has 126 valence electrons. The van der Waals surface area contributed by atoms with E-state index in [1.807, 2.05) is 25.7 Å². The number of ether oxygens (including phenoxy) is 2. The Labute approximate surface area is 133 Å². The molecule has 5 nitrogen and oxygen atoms in total. The zero-order valence-electron chi connectivity index (χ0n) is 14.2. The molecule has 1 atom stereocenters. The van der Waals surface area contributed by atoms with Crippen LogP contribution in [0, 0.1) is 5.92 Å². The fourth-order valence-electron chi connectivity index (χ4n) is 3.96. The topological polar surface area (TPSA) is 50.8 Å². The van der Waals surface area contributed by atoms with E-state index in [0.29, 0.717) is 6.04 Å². The quantitative estimate of drug-likeness (QED) is 0.808. The van der Waals surface area contributed by atoms with Gasteiger partial charge in [-0.3, -0.25) is 0 Å². The fourth-order valence-corrected chi connectivity index (χ4v) is 3.96. The molecule has 1 aliphatic carbocycles. The Morgan fingerprint density at radius 2 is 1.95 bits per heavy atom. The molecule has 0 radical (unpaired) electrons. The molecular formula is C17H30N2O3. The Bertz CT molecular complexity index is 407. The molecule has 2 aliphatic heterocycles. The van der Waals surface area contributed by atoms with Crippen molar-refractivity contribution in [3.8, 4) is 0 Å². The van der Waals surface area contributed by atoms with Crippen LogP contribution in [0.2, 0.25) is 0 Å². The first-order valence-electron chi connectivity index (χ1n) is 8.75. The predicted molar refractivity (Wildman–Crippen MR) is 84.9 cm³/mol. The van der Waals surface area contributed by atoms with Gasteiger partial charge >= 0.3 is 6.09 Å². The number of carbonyl (C=O) groups excluding carboxylic acids is 1. The molecule has 2 saturated heterocycles. The van der Waals surface area contributed by atoms with Crippen molar-refractivity contribution in [3.05, 3.63) is 0 Å². The molecule has 5 heteroatoms. The lowest BCUT2D eigenvalue weighted by atomic mass is 9.69. The van der Waals surface area contributed by atoms with Gasteiger partial charge in [0.25, 0.3) is 0 Å². The first-order chi connectivity index (χ1) is 10.4. The molecule has 3 rings (SSSR count). The number of rotatable bonds is 1. The first kappa shape index (κ1) is 16.1. The van der Waals surface area contributed by atoms with Gasteiger partial charge in [0.1, 0.15) is 5.60 Å². The van der Waals surface area contributed by atoms with Gasteiger partial charge in [-0.2, -0.15) is 0 Å². The first-order valence-corrected chi connectivity index (χ1v) is 8.75. The number of amides is 1. The van der Waals surface area contributed by atoms with Gasteiger partial charge in [-0.05, 0) is 52.4 Å². The van der Waals surface area contributed by atoms with Crippen molar-refractivity contribution >= 4 is 6.09 Å². The molecule has 1 N–H and O–H groups in total. The second kappa shape index (κ2) is 6.00. The summed E-state index contributed by atoms with van der Waals surface area (Å²) in [5.74, 6) is 0.758. The van der Waals surface area contributed by atoms with E-state index in [1.165, 1.54) is 19.3 Å². The van der Waals surface area contributed by atoms with Crippen molar-refractivity contribution in [2.75, 3.05) is 26.2 Å². The number of hydrogen-bond acceptors (Lipinski definition) is 4. The summed E-state index contributed by atoms with van der Waals surface area (Å²) >= 11 is 0. The van der Waals surface area contributed by atoms with Crippen LogP contribution in [-0.2, 0) is 9.47 Å². The zero-order valence-corrected chi connectivity index (χ0v) is 14.2. The SMILES string of the molecule is CC(C)(C)OC(=O)N1CCC2(CC1)OCCNC2C1CCC1. The molecule has 0 aromatic carbocycles. The van der Waals surface area contributed by atoms with Crippen LogP contribution in [0.4, 0.5) is 4.79 Å². The predicted octanol–water partition coefficient (Wildman–Crippen LogP) is 2.54. The Hall–Kier alpha value is -0.810. The Morgan fingerprint density at radius 3 is 2.50 bits per heavy atom. The van der Waals surface area contributed by atoms with Gasteiger partial charge in [-0.25, -0.2) is 4.79 Å². The maximum atomic E-state index is 12.2.